The summed E-state index contributed by atoms with van der Waals surface area (Å²) in [5, 5.41) is 7.94. The van der Waals surface area contributed by atoms with Crippen LogP contribution in [0.2, 0.25) is 0 Å². The lowest BCUT2D eigenvalue weighted by Crippen LogP contribution is -2.53. The fourth-order valence-electron chi connectivity index (χ4n) is 4.84. The molecular weight excluding hydrogens is 514 g/mol. The summed E-state index contributed by atoms with van der Waals surface area (Å²) in [6, 6.07) is 17.8. The van der Waals surface area contributed by atoms with Crippen LogP contribution < -0.4 is 10.6 Å². The van der Waals surface area contributed by atoms with E-state index in [0.29, 0.717) is 30.6 Å². The largest absolute Gasteiger partial charge is 0.444 e. The molecule has 3 aromatic carbocycles. The number of carbonyl (C=O) groups excluding carboxylic acids is 3. The number of hydrogen-bond donors (Lipinski definition) is 2. The average Bonchev–Trinajstić information content (AvgIpc) is 2.88. The van der Waals surface area contributed by atoms with Crippen molar-refractivity contribution in [1.29, 1.82) is 0 Å². The molecule has 0 heterocycles. The van der Waals surface area contributed by atoms with Crippen molar-refractivity contribution < 1.29 is 19.1 Å². The first-order chi connectivity index (χ1) is 19.3. The fourth-order valence-corrected chi connectivity index (χ4v) is 4.84. The lowest BCUT2D eigenvalue weighted by Gasteiger charge is -2.35. The van der Waals surface area contributed by atoms with E-state index in [1.54, 1.807) is 25.7 Å². The maximum atomic E-state index is 14.2. The standard InChI is InChI=1S/C34H45N3O4/c1-9-18-37(32(39)29(19-22(2)3)36-33(40)41-34(6,7)8)30(27-15-14-23(4)24(5)20-27)31(38)35-28-17-16-25-12-10-11-13-26(25)21-28/h10-17,20-22,29-30H,9,18-19H2,1-8H3,(H,35,38)(H,36,40). The van der Waals surface area contributed by atoms with Gasteiger partial charge in [-0.3, -0.25) is 9.59 Å². The molecule has 0 aromatic heterocycles. The summed E-state index contributed by atoms with van der Waals surface area (Å²) in [6.07, 6.45) is 0.387. The third-order valence-electron chi connectivity index (χ3n) is 6.87. The summed E-state index contributed by atoms with van der Waals surface area (Å²) < 4.78 is 5.48. The number of nitrogens with one attached hydrogen (secondary N) is 2. The molecular formula is C34H45N3O4. The van der Waals surface area contributed by atoms with Crippen molar-refractivity contribution in [3.05, 3.63) is 77.4 Å². The molecule has 0 saturated carbocycles. The highest BCUT2D eigenvalue weighted by Crippen LogP contribution is 2.28. The topological polar surface area (TPSA) is 87.7 Å². The molecule has 7 nitrogen and oxygen atoms in total. The number of hydrogen-bond acceptors (Lipinski definition) is 4. The first-order valence-electron chi connectivity index (χ1n) is 14.5. The molecule has 0 spiro atoms. The number of ether oxygens (including phenoxy) is 1. The minimum absolute atomic E-state index is 0.119. The summed E-state index contributed by atoms with van der Waals surface area (Å²) in [5.74, 6) is -0.511. The summed E-state index contributed by atoms with van der Waals surface area (Å²) in [4.78, 5) is 42.7. The highest BCUT2D eigenvalue weighted by Gasteiger charge is 2.36. The Bertz CT molecular complexity index is 1380. The van der Waals surface area contributed by atoms with Gasteiger partial charge in [0.1, 0.15) is 17.7 Å². The van der Waals surface area contributed by atoms with E-state index in [0.717, 1.165) is 21.9 Å². The zero-order valence-corrected chi connectivity index (χ0v) is 25.7. The van der Waals surface area contributed by atoms with Crippen LogP contribution in [0.4, 0.5) is 10.5 Å². The van der Waals surface area contributed by atoms with E-state index in [4.69, 9.17) is 4.74 Å². The summed E-state index contributed by atoms with van der Waals surface area (Å²) in [5.41, 5.74) is 2.78. The van der Waals surface area contributed by atoms with Gasteiger partial charge in [0.2, 0.25) is 5.91 Å². The number of nitrogens with zero attached hydrogens (tertiary/aromatic N) is 1. The first kappa shape index (κ1) is 31.7. The molecule has 0 radical (unpaired) electrons. The van der Waals surface area contributed by atoms with Crippen LogP contribution in [-0.2, 0) is 14.3 Å². The average molecular weight is 560 g/mol. The van der Waals surface area contributed by atoms with Gasteiger partial charge in [-0.2, -0.15) is 0 Å². The lowest BCUT2D eigenvalue weighted by atomic mass is 9.96. The molecule has 0 saturated heterocycles. The van der Waals surface area contributed by atoms with Crippen molar-refractivity contribution in [2.45, 2.75) is 85.9 Å². The maximum Gasteiger partial charge on any atom is 0.408 e. The molecule has 0 aliphatic carbocycles. The Morgan fingerprint density at radius 1 is 0.902 bits per heavy atom. The van der Waals surface area contributed by atoms with Gasteiger partial charge >= 0.3 is 6.09 Å². The summed E-state index contributed by atoms with van der Waals surface area (Å²) in [7, 11) is 0. The van der Waals surface area contributed by atoms with Gasteiger partial charge in [0, 0.05) is 12.2 Å². The second-order valence-corrected chi connectivity index (χ2v) is 12.2. The number of benzene rings is 3. The quantitative estimate of drug-likeness (QED) is 0.273. The number of fused-ring (bicyclic) bond motifs is 1. The Morgan fingerprint density at radius 3 is 2.20 bits per heavy atom. The monoisotopic (exact) mass is 559 g/mol. The zero-order valence-electron chi connectivity index (χ0n) is 25.7. The minimum atomic E-state index is -0.900. The molecule has 0 aliphatic rings. The molecule has 0 bridgehead atoms. The summed E-state index contributed by atoms with van der Waals surface area (Å²) in [6.45, 7) is 15.6. The van der Waals surface area contributed by atoms with Crippen LogP contribution in [0.3, 0.4) is 0 Å². The third kappa shape index (κ3) is 8.81. The Kier molecular flexibility index (Phi) is 10.5. The smallest absolute Gasteiger partial charge is 0.408 e. The molecule has 3 amide bonds. The molecule has 2 unspecified atom stereocenters. The predicted octanol–water partition coefficient (Wildman–Crippen LogP) is 7.31. The van der Waals surface area contributed by atoms with Crippen LogP contribution in [-0.4, -0.2) is 41.0 Å². The number of anilines is 1. The number of aryl methyl sites for hydroxylation is 2. The molecule has 3 aromatic rings. The van der Waals surface area contributed by atoms with Crippen molar-refractivity contribution in [2.24, 2.45) is 5.92 Å². The lowest BCUT2D eigenvalue weighted by molar-refractivity contribution is -0.141. The van der Waals surface area contributed by atoms with Crippen LogP contribution >= 0.6 is 0 Å². The molecule has 2 N–H and O–H groups in total. The van der Waals surface area contributed by atoms with Gasteiger partial charge in [-0.25, -0.2) is 4.79 Å². The van der Waals surface area contributed by atoms with E-state index >= 15 is 0 Å². The van der Waals surface area contributed by atoms with E-state index in [2.05, 4.69) is 10.6 Å². The van der Waals surface area contributed by atoms with E-state index in [1.165, 1.54) is 0 Å². The van der Waals surface area contributed by atoms with Gasteiger partial charge in [0.05, 0.1) is 0 Å². The third-order valence-corrected chi connectivity index (χ3v) is 6.87. The van der Waals surface area contributed by atoms with E-state index in [1.807, 2.05) is 95.3 Å². The maximum absolute atomic E-state index is 14.2. The molecule has 3 rings (SSSR count). The van der Waals surface area contributed by atoms with E-state index < -0.39 is 23.8 Å². The minimum Gasteiger partial charge on any atom is -0.444 e. The van der Waals surface area contributed by atoms with Gasteiger partial charge < -0.3 is 20.3 Å². The first-order valence-corrected chi connectivity index (χ1v) is 14.5. The van der Waals surface area contributed by atoms with E-state index in [9.17, 15) is 14.4 Å². The van der Waals surface area contributed by atoms with Crippen LogP contribution in [0.5, 0.6) is 0 Å². The van der Waals surface area contributed by atoms with Crippen molar-refractivity contribution in [3.8, 4) is 0 Å². The second-order valence-electron chi connectivity index (χ2n) is 12.2. The van der Waals surface area contributed by atoms with Crippen molar-refractivity contribution in [3.63, 3.8) is 0 Å². The molecule has 220 valence electrons. The highest BCUT2D eigenvalue weighted by atomic mass is 16.6. The zero-order chi connectivity index (χ0) is 30.3. The Morgan fingerprint density at radius 2 is 1.59 bits per heavy atom. The fraction of sp³-hybridized carbons (Fsp3) is 0.441. The normalized spacial score (nSPS) is 13.0. The molecule has 41 heavy (non-hydrogen) atoms. The van der Waals surface area contributed by atoms with Gasteiger partial charge in [0.15, 0.2) is 0 Å². The Labute approximate surface area is 244 Å². The van der Waals surface area contributed by atoms with Crippen LogP contribution in [0.1, 0.15) is 77.1 Å². The number of amides is 3. The molecule has 0 aliphatic heterocycles. The van der Waals surface area contributed by atoms with Gasteiger partial charge in [0.25, 0.3) is 5.91 Å². The number of carbonyl (C=O) groups is 3. The van der Waals surface area contributed by atoms with Crippen LogP contribution in [0, 0.1) is 19.8 Å². The van der Waals surface area contributed by atoms with Gasteiger partial charge in [-0.05, 0) is 93.0 Å². The van der Waals surface area contributed by atoms with Crippen LogP contribution in [0.15, 0.2) is 60.7 Å². The van der Waals surface area contributed by atoms with E-state index in [-0.39, 0.29) is 17.7 Å². The SMILES string of the molecule is CCCN(C(=O)C(CC(C)C)NC(=O)OC(C)(C)C)C(C(=O)Nc1ccc2ccccc2c1)c1ccc(C)c(C)c1. The van der Waals surface area contributed by atoms with Gasteiger partial charge in [-0.1, -0.05) is 69.3 Å². The van der Waals surface area contributed by atoms with Crippen molar-refractivity contribution >= 4 is 34.4 Å². The predicted molar refractivity (Wildman–Crippen MR) is 166 cm³/mol. The number of rotatable bonds is 10. The number of alkyl carbamates (subject to hydrolysis) is 1. The Balaban J connectivity index is 2.03. The Hall–Kier alpha value is -3.87. The summed E-state index contributed by atoms with van der Waals surface area (Å²) >= 11 is 0. The van der Waals surface area contributed by atoms with Crippen molar-refractivity contribution in [2.75, 3.05) is 11.9 Å². The van der Waals surface area contributed by atoms with Gasteiger partial charge in [-0.15, -0.1) is 0 Å². The second kappa shape index (κ2) is 13.7. The molecule has 0 fully saturated rings. The molecule has 2 atom stereocenters. The van der Waals surface area contributed by atoms with Crippen molar-refractivity contribution in [1.82, 2.24) is 10.2 Å². The van der Waals surface area contributed by atoms with Crippen LogP contribution in [0.25, 0.3) is 10.8 Å². The molecule has 7 heteroatoms. The highest BCUT2D eigenvalue weighted by molar-refractivity contribution is 6.00.